The Morgan fingerprint density at radius 1 is 1.41 bits per heavy atom. The quantitative estimate of drug-likeness (QED) is 0.889. The fourth-order valence-electron chi connectivity index (χ4n) is 2.10. The molecule has 0 saturated heterocycles. The van der Waals surface area contributed by atoms with Crippen molar-refractivity contribution < 1.29 is 14.7 Å². The highest BCUT2D eigenvalue weighted by molar-refractivity contribution is 7.12. The zero-order valence-electron chi connectivity index (χ0n) is 9.03. The molecule has 0 bridgehead atoms. The van der Waals surface area contributed by atoms with Gasteiger partial charge in [0.15, 0.2) is 0 Å². The molecule has 1 aliphatic rings. The zero-order chi connectivity index (χ0) is 12.5. The lowest BCUT2D eigenvalue weighted by molar-refractivity contribution is -0.144. The van der Waals surface area contributed by atoms with Crippen molar-refractivity contribution in [3.63, 3.8) is 0 Å². The lowest BCUT2D eigenvalue weighted by Crippen LogP contribution is -2.52. The monoisotopic (exact) mass is 273 g/mol. The molecule has 0 atom stereocenters. The van der Waals surface area contributed by atoms with Crippen LogP contribution in [0.2, 0.25) is 5.02 Å². The van der Waals surface area contributed by atoms with Crippen LogP contribution < -0.4 is 5.32 Å². The second kappa shape index (κ2) is 4.66. The van der Waals surface area contributed by atoms with Crippen LogP contribution in [0, 0.1) is 0 Å². The number of carbonyl (C=O) groups is 2. The summed E-state index contributed by atoms with van der Waals surface area (Å²) >= 11 is 7.06. The highest BCUT2D eigenvalue weighted by atomic mass is 35.5. The van der Waals surface area contributed by atoms with Gasteiger partial charge in [-0.2, -0.15) is 0 Å². The number of hydrogen-bond donors (Lipinski definition) is 2. The average molecular weight is 274 g/mol. The van der Waals surface area contributed by atoms with E-state index >= 15 is 0 Å². The van der Waals surface area contributed by atoms with E-state index in [-0.39, 0.29) is 0 Å². The van der Waals surface area contributed by atoms with Gasteiger partial charge in [0.25, 0.3) is 5.91 Å². The van der Waals surface area contributed by atoms with Crippen LogP contribution in [0.4, 0.5) is 0 Å². The summed E-state index contributed by atoms with van der Waals surface area (Å²) in [5, 5.41) is 13.9. The molecule has 0 unspecified atom stereocenters. The number of thiophene rings is 1. The Balaban J connectivity index is 2.17. The fraction of sp³-hybridized carbons (Fsp3) is 0.455. The van der Waals surface area contributed by atoms with E-state index in [9.17, 15) is 14.7 Å². The minimum Gasteiger partial charge on any atom is -0.480 e. The average Bonchev–Trinajstić information content (AvgIpc) is 2.87. The van der Waals surface area contributed by atoms with Crippen molar-refractivity contribution in [1.82, 2.24) is 5.32 Å². The minimum absolute atomic E-state index is 0.367. The molecule has 2 rings (SSSR count). The molecule has 6 heteroatoms. The number of hydrogen-bond acceptors (Lipinski definition) is 3. The highest BCUT2D eigenvalue weighted by Crippen LogP contribution is 2.31. The summed E-state index contributed by atoms with van der Waals surface area (Å²) in [6.07, 6.45) is 2.61. The lowest BCUT2D eigenvalue weighted by Gasteiger charge is -2.24. The van der Waals surface area contributed by atoms with E-state index in [0.29, 0.717) is 22.7 Å². The molecule has 0 aliphatic heterocycles. The van der Waals surface area contributed by atoms with Crippen molar-refractivity contribution in [1.29, 1.82) is 0 Å². The van der Waals surface area contributed by atoms with Crippen LogP contribution in [0.1, 0.15) is 35.4 Å². The molecule has 1 aromatic rings. The third kappa shape index (κ3) is 2.30. The molecule has 1 aliphatic carbocycles. The van der Waals surface area contributed by atoms with Gasteiger partial charge in [-0.15, -0.1) is 11.3 Å². The molecule has 17 heavy (non-hydrogen) atoms. The first-order valence-electron chi connectivity index (χ1n) is 5.34. The topological polar surface area (TPSA) is 66.4 Å². The maximum atomic E-state index is 11.9. The molecule has 1 amide bonds. The van der Waals surface area contributed by atoms with E-state index in [1.807, 2.05) is 0 Å². The Morgan fingerprint density at radius 3 is 2.53 bits per heavy atom. The molecule has 2 N–H and O–H groups in total. The van der Waals surface area contributed by atoms with E-state index in [1.165, 1.54) is 11.3 Å². The van der Waals surface area contributed by atoms with Gasteiger partial charge in [0.2, 0.25) is 0 Å². The van der Waals surface area contributed by atoms with Crippen LogP contribution in [-0.4, -0.2) is 22.5 Å². The summed E-state index contributed by atoms with van der Waals surface area (Å²) < 4.78 is 0. The second-order valence-corrected chi connectivity index (χ2v) is 5.47. The summed E-state index contributed by atoms with van der Waals surface area (Å²) in [7, 11) is 0. The molecule has 92 valence electrons. The van der Waals surface area contributed by atoms with Crippen molar-refractivity contribution in [2.45, 2.75) is 31.2 Å². The van der Waals surface area contributed by atoms with Crippen LogP contribution in [-0.2, 0) is 4.79 Å². The maximum Gasteiger partial charge on any atom is 0.329 e. The normalized spacial score (nSPS) is 17.9. The van der Waals surface area contributed by atoms with Crippen molar-refractivity contribution in [3.05, 3.63) is 21.3 Å². The zero-order valence-corrected chi connectivity index (χ0v) is 10.6. The van der Waals surface area contributed by atoms with Crippen LogP contribution in [0.15, 0.2) is 11.4 Å². The standard InChI is InChI=1S/C11H12ClNO3S/c12-7-3-6-17-8(7)9(14)13-11(10(15)16)4-1-2-5-11/h3,6H,1-2,4-5H2,(H,13,14)(H,15,16). The molecular formula is C11H12ClNO3S. The fourth-order valence-corrected chi connectivity index (χ4v) is 3.14. The van der Waals surface area contributed by atoms with Gasteiger partial charge in [0, 0.05) is 0 Å². The molecule has 1 fully saturated rings. The summed E-state index contributed by atoms with van der Waals surface area (Å²) in [4.78, 5) is 23.6. The van der Waals surface area contributed by atoms with Crippen molar-refractivity contribution in [3.8, 4) is 0 Å². The highest BCUT2D eigenvalue weighted by Gasteiger charge is 2.43. The second-order valence-electron chi connectivity index (χ2n) is 4.15. The minimum atomic E-state index is -1.11. The van der Waals surface area contributed by atoms with Crippen LogP contribution in [0.3, 0.4) is 0 Å². The third-order valence-electron chi connectivity index (χ3n) is 3.04. The van der Waals surface area contributed by atoms with Gasteiger partial charge < -0.3 is 10.4 Å². The number of carboxylic acids is 1. The molecule has 1 heterocycles. The summed E-state index contributed by atoms with van der Waals surface area (Å²) in [6.45, 7) is 0. The number of nitrogens with one attached hydrogen (secondary N) is 1. The van der Waals surface area contributed by atoms with Gasteiger partial charge in [0.1, 0.15) is 10.4 Å². The first-order chi connectivity index (χ1) is 8.05. The molecule has 0 radical (unpaired) electrons. The molecule has 0 aromatic carbocycles. The maximum absolute atomic E-state index is 11.9. The van der Waals surface area contributed by atoms with E-state index in [1.54, 1.807) is 11.4 Å². The van der Waals surface area contributed by atoms with Crippen molar-refractivity contribution >= 4 is 34.8 Å². The Labute approximate surface area is 108 Å². The van der Waals surface area contributed by atoms with E-state index < -0.39 is 17.4 Å². The van der Waals surface area contributed by atoms with E-state index in [0.717, 1.165) is 12.8 Å². The third-order valence-corrected chi connectivity index (χ3v) is 4.38. The van der Waals surface area contributed by atoms with Gasteiger partial charge in [-0.1, -0.05) is 24.4 Å². The van der Waals surface area contributed by atoms with Crippen LogP contribution in [0.5, 0.6) is 0 Å². The van der Waals surface area contributed by atoms with Crippen molar-refractivity contribution in [2.24, 2.45) is 0 Å². The number of carbonyl (C=O) groups excluding carboxylic acids is 1. The SMILES string of the molecule is O=C(NC1(C(=O)O)CCCC1)c1sccc1Cl. The van der Waals surface area contributed by atoms with Crippen LogP contribution in [0.25, 0.3) is 0 Å². The number of halogens is 1. The predicted molar refractivity (Wildman–Crippen MR) is 65.6 cm³/mol. The Bertz CT molecular complexity index is 451. The van der Waals surface area contributed by atoms with Crippen LogP contribution >= 0.6 is 22.9 Å². The Morgan fingerprint density at radius 2 is 2.06 bits per heavy atom. The van der Waals surface area contributed by atoms with Gasteiger partial charge in [0.05, 0.1) is 5.02 Å². The van der Waals surface area contributed by atoms with Crippen molar-refractivity contribution in [2.75, 3.05) is 0 Å². The predicted octanol–water partition coefficient (Wildman–Crippen LogP) is 2.53. The number of carboxylic acid groups (broad SMARTS) is 1. The molecule has 0 spiro atoms. The lowest BCUT2D eigenvalue weighted by atomic mass is 9.98. The van der Waals surface area contributed by atoms with E-state index in [4.69, 9.17) is 11.6 Å². The Hall–Kier alpha value is -1.07. The van der Waals surface area contributed by atoms with E-state index in [2.05, 4.69) is 5.32 Å². The van der Waals surface area contributed by atoms with Gasteiger partial charge in [-0.25, -0.2) is 4.79 Å². The largest absolute Gasteiger partial charge is 0.480 e. The first kappa shape index (κ1) is 12.4. The smallest absolute Gasteiger partial charge is 0.329 e. The molecule has 1 aromatic heterocycles. The van der Waals surface area contributed by atoms with Gasteiger partial charge in [-0.05, 0) is 24.3 Å². The number of amides is 1. The molecule has 4 nitrogen and oxygen atoms in total. The number of rotatable bonds is 3. The summed E-state index contributed by atoms with van der Waals surface area (Å²) in [6, 6.07) is 1.63. The summed E-state index contributed by atoms with van der Waals surface area (Å²) in [5.74, 6) is -1.36. The number of aliphatic carboxylic acids is 1. The van der Waals surface area contributed by atoms with Gasteiger partial charge >= 0.3 is 5.97 Å². The molecule has 1 saturated carbocycles. The first-order valence-corrected chi connectivity index (χ1v) is 6.60. The van der Waals surface area contributed by atoms with Gasteiger partial charge in [-0.3, -0.25) is 4.79 Å². The summed E-state index contributed by atoms with van der Waals surface area (Å²) in [5.41, 5.74) is -1.11. The molecular weight excluding hydrogens is 262 g/mol. The Kier molecular flexibility index (Phi) is 3.40.